The molecule has 1 heterocycles. The van der Waals surface area contributed by atoms with Crippen LogP contribution in [0.5, 0.6) is 0 Å². The Morgan fingerprint density at radius 3 is 2.64 bits per heavy atom. The molecule has 0 amide bonds. The van der Waals surface area contributed by atoms with Gasteiger partial charge in [-0.3, -0.25) is 4.90 Å². The first-order chi connectivity index (χ1) is 5.16. The van der Waals surface area contributed by atoms with Crippen LogP contribution in [-0.2, 0) is 0 Å². The van der Waals surface area contributed by atoms with Crippen LogP contribution in [0.1, 0.15) is 19.8 Å². The quantitative estimate of drug-likeness (QED) is 0.570. The third-order valence-electron chi connectivity index (χ3n) is 2.30. The van der Waals surface area contributed by atoms with E-state index in [0.717, 1.165) is 13.0 Å². The molecule has 0 saturated carbocycles. The topological polar surface area (TPSA) is 3.24 Å². The van der Waals surface area contributed by atoms with Crippen LogP contribution in [-0.4, -0.2) is 24.5 Å². The van der Waals surface area contributed by atoms with Crippen molar-refractivity contribution in [3.8, 4) is 0 Å². The summed E-state index contributed by atoms with van der Waals surface area (Å²) in [4.78, 5) is 1.98. The van der Waals surface area contributed by atoms with E-state index in [1.54, 1.807) is 0 Å². The van der Waals surface area contributed by atoms with Crippen molar-refractivity contribution in [3.63, 3.8) is 0 Å². The Morgan fingerprint density at radius 1 is 1.64 bits per heavy atom. The van der Waals surface area contributed by atoms with Crippen molar-refractivity contribution in [1.82, 2.24) is 4.90 Å². The molecule has 1 saturated heterocycles. The molecule has 0 aromatic heterocycles. The van der Waals surface area contributed by atoms with Crippen LogP contribution in [0.3, 0.4) is 0 Å². The number of hydrogen-bond donors (Lipinski definition) is 0. The maximum absolute atomic E-state index is 12.2. The van der Waals surface area contributed by atoms with E-state index in [1.807, 2.05) is 18.9 Å². The first-order valence-corrected chi connectivity index (χ1v) is 3.91. The van der Waals surface area contributed by atoms with E-state index in [2.05, 4.69) is 0 Å². The summed E-state index contributed by atoms with van der Waals surface area (Å²) in [6.45, 7) is 2.71. The Balaban J connectivity index is 2.77. The van der Waals surface area contributed by atoms with Crippen LogP contribution < -0.4 is 0 Å². The Bertz CT molecular complexity index is 173. The second kappa shape index (κ2) is 3.30. The molecule has 0 aromatic rings. The Kier molecular flexibility index (Phi) is 2.60. The maximum Gasteiger partial charge on any atom is 0.271 e. The molecule has 1 nitrogen and oxygen atoms in total. The molecule has 1 aliphatic rings. The SMILES string of the molecule is CCC1C(=C(F)F)CCN1C. The average Bonchev–Trinajstić information content (AvgIpc) is 2.30. The van der Waals surface area contributed by atoms with Gasteiger partial charge in [0.25, 0.3) is 6.08 Å². The highest BCUT2D eigenvalue weighted by Gasteiger charge is 2.27. The van der Waals surface area contributed by atoms with Gasteiger partial charge in [-0.1, -0.05) is 6.92 Å². The van der Waals surface area contributed by atoms with E-state index in [0.29, 0.717) is 12.0 Å². The van der Waals surface area contributed by atoms with E-state index in [4.69, 9.17) is 0 Å². The lowest BCUT2D eigenvalue weighted by Gasteiger charge is -2.17. The first kappa shape index (κ1) is 8.65. The van der Waals surface area contributed by atoms with Crippen LogP contribution in [0.25, 0.3) is 0 Å². The molecule has 0 spiro atoms. The van der Waals surface area contributed by atoms with Gasteiger partial charge in [0.15, 0.2) is 0 Å². The molecule has 64 valence electrons. The molecule has 1 unspecified atom stereocenters. The third-order valence-corrected chi connectivity index (χ3v) is 2.30. The number of likely N-dealkylation sites (tertiary alicyclic amines) is 1. The maximum atomic E-state index is 12.2. The summed E-state index contributed by atoms with van der Waals surface area (Å²) in [6, 6.07) is -0.0139. The Labute approximate surface area is 65.7 Å². The minimum atomic E-state index is -1.47. The lowest BCUT2D eigenvalue weighted by Crippen LogP contribution is -2.24. The van der Waals surface area contributed by atoms with Crippen molar-refractivity contribution in [1.29, 1.82) is 0 Å². The highest BCUT2D eigenvalue weighted by Crippen LogP contribution is 2.28. The van der Waals surface area contributed by atoms with Crippen molar-refractivity contribution in [2.45, 2.75) is 25.8 Å². The van der Waals surface area contributed by atoms with Crippen molar-refractivity contribution >= 4 is 0 Å². The monoisotopic (exact) mass is 161 g/mol. The van der Waals surface area contributed by atoms with Crippen LogP contribution in [0.4, 0.5) is 8.78 Å². The predicted octanol–water partition coefficient (Wildman–Crippen LogP) is 2.25. The molecule has 1 aliphatic heterocycles. The van der Waals surface area contributed by atoms with Crippen LogP contribution in [0, 0.1) is 0 Å². The summed E-state index contributed by atoms with van der Waals surface area (Å²) >= 11 is 0. The van der Waals surface area contributed by atoms with Gasteiger partial charge in [0, 0.05) is 18.2 Å². The van der Waals surface area contributed by atoms with Crippen molar-refractivity contribution < 1.29 is 8.78 Å². The van der Waals surface area contributed by atoms with Gasteiger partial charge in [-0.15, -0.1) is 0 Å². The largest absolute Gasteiger partial charge is 0.299 e. The number of likely N-dealkylation sites (N-methyl/N-ethyl adjacent to an activating group) is 1. The van der Waals surface area contributed by atoms with Crippen molar-refractivity contribution in [2.24, 2.45) is 0 Å². The minimum Gasteiger partial charge on any atom is -0.299 e. The minimum absolute atomic E-state index is 0.0139. The summed E-state index contributed by atoms with van der Waals surface area (Å²) in [5.74, 6) is 0. The van der Waals surface area contributed by atoms with Crippen LogP contribution in [0.2, 0.25) is 0 Å². The zero-order valence-electron chi connectivity index (χ0n) is 6.90. The highest BCUT2D eigenvalue weighted by atomic mass is 19.3. The molecular weight excluding hydrogens is 148 g/mol. The van der Waals surface area contributed by atoms with Crippen molar-refractivity contribution in [2.75, 3.05) is 13.6 Å². The van der Waals surface area contributed by atoms with Gasteiger partial charge in [-0.25, -0.2) is 0 Å². The molecule has 0 aliphatic carbocycles. The Hall–Kier alpha value is -0.440. The van der Waals surface area contributed by atoms with Gasteiger partial charge in [0.2, 0.25) is 0 Å². The summed E-state index contributed by atoms with van der Waals surface area (Å²) in [5, 5.41) is 0. The van der Waals surface area contributed by atoms with Crippen LogP contribution in [0.15, 0.2) is 11.7 Å². The van der Waals surface area contributed by atoms with E-state index < -0.39 is 6.08 Å². The van der Waals surface area contributed by atoms with E-state index in [-0.39, 0.29) is 6.04 Å². The summed E-state index contributed by atoms with van der Waals surface area (Å²) in [5.41, 5.74) is 0.343. The fourth-order valence-corrected chi connectivity index (χ4v) is 1.66. The van der Waals surface area contributed by atoms with E-state index in [9.17, 15) is 8.78 Å². The molecule has 0 N–H and O–H groups in total. The molecule has 11 heavy (non-hydrogen) atoms. The van der Waals surface area contributed by atoms with E-state index >= 15 is 0 Å². The van der Waals surface area contributed by atoms with Crippen LogP contribution >= 0.6 is 0 Å². The molecule has 3 heteroatoms. The molecular formula is C8H13F2N. The highest BCUT2D eigenvalue weighted by molar-refractivity contribution is 5.16. The molecule has 1 rings (SSSR count). The lowest BCUT2D eigenvalue weighted by atomic mass is 10.1. The van der Waals surface area contributed by atoms with Crippen molar-refractivity contribution in [3.05, 3.63) is 11.7 Å². The molecule has 0 bridgehead atoms. The second-order valence-corrected chi connectivity index (χ2v) is 2.94. The first-order valence-electron chi connectivity index (χ1n) is 3.91. The Morgan fingerprint density at radius 2 is 2.27 bits per heavy atom. The standard InChI is InChI=1S/C8H13F2N/c1-3-7-6(8(9)10)4-5-11(7)2/h7H,3-5H2,1-2H3. The van der Waals surface area contributed by atoms with E-state index in [1.165, 1.54) is 0 Å². The smallest absolute Gasteiger partial charge is 0.271 e. The summed E-state index contributed by atoms with van der Waals surface area (Å²) in [6.07, 6.45) is -0.151. The molecule has 0 radical (unpaired) electrons. The molecule has 1 fully saturated rings. The molecule has 0 aromatic carbocycles. The normalized spacial score (nSPS) is 26.2. The number of rotatable bonds is 1. The number of halogens is 2. The number of hydrogen-bond acceptors (Lipinski definition) is 1. The predicted molar refractivity (Wildman–Crippen MR) is 40.6 cm³/mol. The summed E-state index contributed by atoms with van der Waals surface area (Å²) < 4.78 is 24.4. The zero-order chi connectivity index (χ0) is 8.43. The third kappa shape index (κ3) is 1.59. The van der Waals surface area contributed by atoms with Gasteiger partial charge < -0.3 is 0 Å². The van der Waals surface area contributed by atoms with Gasteiger partial charge in [-0.2, -0.15) is 8.78 Å². The lowest BCUT2D eigenvalue weighted by molar-refractivity contribution is 0.313. The summed E-state index contributed by atoms with van der Waals surface area (Å²) in [7, 11) is 1.89. The van der Waals surface area contributed by atoms with Gasteiger partial charge in [0.1, 0.15) is 0 Å². The average molecular weight is 161 g/mol. The number of nitrogens with zero attached hydrogens (tertiary/aromatic N) is 1. The van der Waals surface area contributed by atoms with Gasteiger partial charge >= 0.3 is 0 Å². The zero-order valence-corrected chi connectivity index (χ0v) is 6.90. The van der Waals surface area contributed by atoms with Gasteiger partial charge in [-0.05, 0) is 19.9 Å². The fraction of sp³-hybridized carbons (Fsp3) is 0.750. The molecule has 1 atom stereocenters. The van der Waals surface area contributed by atoms with Gasteiger partial charge in [0.05, 0.1) is 0 Å². The fourth-order valence-electron chi connectivity index (χ4n) is 1.66. The second-order valence-electron chi connectivity index (χ2n) is 2.94.